The summed E-state index contributed by atoms with van der Waals surface area (Å²) in [6.07, 6.45) is 3.48. The molecule has 3 aromatic rings. The van der Waals surface area contributed by atoms with Gasteiger partial charge in [-0.2, -0.15) is 15.0 Å². The second kappa shape index (κ2) is 6.74. The number of aryl methyl sites for hydroxylation is 4. The third-order valence-electron chi connectivity index (χ3n) is 3.68. The predicted octanol–water partition coefficient (Wildman–Crippen LogP) is 3.03. The molecular weight excluding hydrogens is 304 g/mol. The van der Waals surface area contributed by atoms with Crippen LogP contribution in [0.1, 0.15) is 30.2 Å². The minimum Gasteiger partial charge on any atom is -0.455 e. The van der Waals surface area contributed by atoms with Crippen molar-refractivity contribution in [3.63, 3.8) is 0 Å². The van der Waals surface area contributed by atoms with E-state index in [0.29, 0.717) is 5.82 Å². The summed E-state index contributed by atoms with van der Waals surface area (Å²) in [5.41, 5.74) is 3.82. The SMILES string of the molecule is CCCc1nnccc1Oc1c(C)cc(-c2nnn(C)n2)cc1C. The van der Waals surface area contributed by atoms with Crippen LogP contribution in [0.2, 0.25) is 0 Å². The van der Waals surface area contributed by atoms with Gasteiger partial charge in [-0.05, 0) is 48.7 Å². The van der Waals surface area contributed by atoms with Gasteiger partial charge in [0.2, 0.25) is 5.82 Å². The Labute approximate surface area is 140 Å². The molecule has 0 atom stereocenters. The molecule has 0 N–H and O–H groups in total. The molecule has 0 spiro atoms. The third-order valence-corrected chi connectivity index (χ3v) is 3.68. The fraction of sp³-hybridized carbons (Fsp3) is 0.353. The largest absolute Gasteiger partial charge is 0.455 e. The molecule has 0 saturated heterocycles. The van der Waals surface area contributed by atoms with E-state index in [2.05, 4.69) is 32.5 Å². The summed E-state index contributed by atoms with van der Waals surface area (Å²) in [7, 11) is 1.75. The highest BCUT2D eigenvalue weighted by molar-refractivity contribution is 5.61. The Balaban J connectivity index is 1.95. The molecule has 7 nitrogen and oxygen atoms in total. The molecule has 0 amide bonds. The van der Waals surface area contributed by atoms with Gasteiger partial charge in [-0.25, -0.2) is 0 Å². The van der Waals surface area contributed by atoms with Crippen molar-refractivity contribution >= 4 is 0 Å². The lowest BCUT2D eigenvalue weighted by Crippen LogP contribution is -1.99. The van der Waals surface area contributed by atoms with Crippen LogP contribution in [0.3, 0.4) is 0 Å². The van der Waals surface area contributed by atoms with Gasteiger partial charge in [0.15, 0.2) is 5.75 Å². The molecule has 0 aliphatic heterocycles. The lowest BCUT2D eigenvalue weighted by molar-refractivity contribution is 0.462. The van der Waals surface area contributed by atoms with Gasteiger partial charge >= 0.3 is 0 Å². The molecule has 2 aromatic heterocycles. The first kappa shape index (κ1) is 16.0. The highest BCUT2D eigenvalue weighted by Crippen LogP contribution is 2.33. The maximum absolute atomic E-state index is 6.16. The molecule has 0 unspecified atom stereocenters. The molecule has 24 heavy (non-hydrogen) atoms. The topological polar surface area (TPSA) is 78.6 Å². The summed E-state index contributed by atoms with van der Waals surface area (Å²) in [6.45, 7) is 6.13. The van der Waals surface area contributed by atoms with Crippen molar-refractivity contribution in [2.75, 3.05) is 0 Å². The number of nitrogens with zero attached hydrogens (tertiary/aromatic N) is 6. The molecular formula is C17H20N6O. The third kappa shape index (κ3) is 3.24. The molecule has 0 fully saturated rings. The Morgan fingerprint density at radius 2 is 1.88 bits per heavy atom. The number of hydrogen-bond donors (Lipinski definition) is 0. The van der Waals surface area contributed by atoms with Crippen LogP contribution in [0, 0.1) is 13.8 Å². The quantitative estimate of drug-likeness (QED) is 0.718. The van der Waals surface area contributed by atoms with Gasteiger partial charge in [-0.1, -0.05) is 13.3 Å². The molecule has 0 saturated carbocycles. The van der Waals surface area contributed by atoms with Gasteiger partial charge in [0, 0.05) is 11.6 Å². The lowest BCUT2D eigenvalue weighted by atomic mass is 10.1. The summed E-state index contributed by atoms with van der Waals surface area (Å²) < 4.78 is 6.16. The Morgan fingerprint density at radius 1 is 1.12 bits per heavy atom. The number of tetrazole rings is 1. The zero-order chi connectivity index (χ0) is 17.1. The van der Waals surface area contributed by atoms with Crippen LogP contribution < -0.4 is 4.74 Å². The zero-order valence-corrected chi connectivity index (χ0v) is 14.3. The maximum atomic E-state index is 6.16. The van der Waals surface area contributed by atoms with Crippen molar-refractivity contribution in [2.24, 2.45) is 7.05 Å². The number of aromatic nitrogens is 6. The van der Waals surface area contributed by atoms with Gasteiger partial charge in [-0.15, -0.1) is 10.2 Å². The fourth-order valence-corrected chi connectivity index (χ4v) is 2.60. The Kier molecular flexibility index (Phi) is 4.50. The predicted molar refractivity (Wildman–Crippen MR) is 89.8 cm³/mol. The van der Waals surface area contributed by atoms with Gasteiger partial charge in [0.05, 0.1) is 13.2 Å². The molecule has 3 rings (SSSR count). The number of hydrogen-bond acceptors (Lipinski definition) is 6. The summed E-state index contributed by atoms with van der Waals surface area (Å²) >= 11 is 0. The first-order valence-corrected chi connectivity index (χ1v) is 7.92. The van der Waals surface area contributed by atoms with E-state index in [0.717, 1.165) is 46.7 Å². The normalized spacial score (nSPS) is 10.8. The van der Waals surface area contributed by atoms with Crippen LogP contribution in [0.4, 0.5) is 0 Å². The van der Waals surface area contributed by atoms with E-state index in [1.54, 1.807) is 13.2 Å². The maximum Gasteiger partial charge on any atom is 0.204 e. The first-order valence-electron chi connectivity index (χ1n) is 7.92. The van der Waals surface area contributed by atoms with E-state index in [1.807, 2.05) is 32.0 Å². The average Bonchev–Trinajstić information content (AvgIpc) is 2.99. The smallest absolute Gasteiger partial charge is 0.204 e. The molecule has 2 heterocycles. The Bertz CT molecular complexity index is 835. The van der Waals surface area contributed by atoms with Gasteiger partial charge in [0.1, 0.15) is 11.4 Å². The highest BCUT2D eigenvalue weighted by atomic mass is 16.5. The van der Waals surface area contributed by atoms with Gasteiger partial charge < -0.3 is 4.74 Å². The van der Waals surface area contributed by atoms with Crippen LogP contribution in [0.15, 0.2) is 24.4 Å². The number of ether oxygens (including phenoxy) is 1. The minimum absolute atomic E-state index is 0.604. The van der Waals surface area contributed by atoms with Gasteiger partial charge in [0.25, 0.3) is 0 Å². The monoisotopic (exact) mass is 324 g/mol. The highest BCUT2D eigenvalue weighted by Gasteiger charge is 2.14. The van der Waals surface area contributed by atoms with Crippen LogP contribution in [-0.2, 0) is 13.5 Å². The summed E-state index contributed by atoms with van der Waals surface area (Å²) in [6, 6.07) is 5.87. The summed E-state index contributed by atoms with van der Waals surface area (Å²) in [5, 5.41) is 20.3. The number of benzene rings is 1. The molecule has 1 aromatic carbocycles. The molecule has 0 aliphatic carbocycles. The Morgan fingerprint density at radius 3 is 2.50 bits per heavy atom. The van der Waals surface area contributed by atoms with E-state index in [9.17, 15) is 0 Å². The molecule has 124 valence electrons. The summed E-state index contributed by atoms with van der Waals surface area (Å²) in [4.78, 5) is 1.45. The second-order valence-electron chi connectivity index (χ2n) is 5.74. The van der Waals surface area contributed by atoms with Crippen molar-refractivity contribution in [1.29, 1.82) is 0 Å². The number of rotatable bonds is 5. The zero-order valence-electron chi connectivity index (χ0n) is 14.3. The Hall–Kier alpha value is -2.83. The van der Waals surface area contributed by atoms with Crippen molar-refractivity contribution in [3.8, 4) is 22.9 Å². The second-order valence-corrected chi connectivity index (χ2v) is 5.74. The van der Waals surface area contributed by atoms with Crippen LogP contribution in [0.25, 0.3) is 11.4 Å². The van der Waals surface area contributed by atoms with Crippen molar-refractivity contribution in [2.45, 2.75) is 33.6 Å². The molecule has 7 heteroatoms. The standard InChI is InChI=1S/C17H20N6O/c1-5-6-14-15(7-8-18-19-14)24-16-11(2)9-13(10-12(16)3)17-20-22-23(4)21-17/h7-10H,5-6H2,1-4H3. The van der Waals surface area contributed by atoms with E-state index in [-0.39, 0.29) is 0 Å². The van der Waals surface area contributed by atoms with E-state index < -0.39 is 0 Å². The molecule has 0 aliphatic rings. The van der Waals surface area contributed by atoms with Crippen LogP contribution in [0.5, 0.6) is 11.5 Å². The van der Waals surface area contributed by atoms with Crippen LogP contribution >= 0.6 is 0 Å². The van der Waals surface area contributed by atoms with Crippen molar-refractivity contribution < 1.29 is 4.74 Å². The van der Waals surface area contributed by atoms with Crippen molar-refractivity contribution in [1.82, 2.24) is 30.4 Å². The first-order chi connectivity index (χ1) is 11.6. The molecule has 0 bridgehead atoms. The fourth-order valence-electron chi connectivity index (χ4n) is 2.60. The van der Waals surface area contributed by atoms with Crippen molar-refractivity contribution in [3.05, 3.63) is 41.2 Å². The lowest BCUT2D eigenvalue weighted by Gasteiger charge is -2.14. The van der Waals surface area contributed by atoms with E-state index in [1.165, 1.54) is 4.80 Å². The summed E-state index contributed by atoms with van der Waals surface area (Å²) in [5.74, 6) is 2.18. The average molecular weight is 324 g/mol. The van der Waals surface area contributed by atoms with E-state index >= 15 is 0 Å². The van der Waals surface area contributed by atoms with Crippen LogP contribution in [-0.4, -0.2) is 30.4 Å². The minimum atomic E-state index is 0.604. The molecule has 0 radical (unpaired) electrons. The van der Waals surface area contributed by atoms with E-state index in [4.69, 9.17) is 4.74 Å². The van der Waals surface area contributed by atoms with Gasteiger partial charge in [-0.3, -0.25) is 0 Å².